The average Bonchev–Trinajstić information content (AvgIpc) is 3.49. The lowest BCUT2D eigenvalue weighted by Crippen LogP contribution is -2.42. The minimum absolute atomic E-state index is 0.0232. The van der Waals surface area contributed by atoms with Crippen LogP contribution in [0.25, 0.3) is 0 Å². The minimum Gasteiger partial charge on any atom is -0.357 e. The number of carbonyl (C=O) groups is 1. The van der Waals surface area contributed by atoms with Gasteiger partial charge in [-0.1, -0.05) is 12.1 Å². The average molecular weight is 346 g/mol. The monoisotopic (exact) mass is 346 g/mol. The molecule has 0 atom stereocenters. The topological polar surface area (TPSA) is 65.5 Å². The van der Waals surface area contributed by atoms with Crippen LogP contribution in [-0.2, 0) is 10.2 Å². The maximum absolute atomic E-state index is 13.5. The van der Waals surface area contributed by atoms with E-state index in [0.29, 0.717) is 19.6 Å². The molecule has 0 saturated heterocycles. The van der Waals surface area contributed by atoms with Gasteiger partial charge in [-0.2, -0.15) is 0 Å². The van der Waals surface area contributed by atoms with Crippen molar-refractivity contribution >= 4 is 11.9 Å². The molecule has 3 rings (SSSR count). The molecule has 2 aliphatic rings. The zero-order valence-electron chi connectivity index (χ0n) is 14.8. The molecule has 0 aromatic heterocycles. The van der Waals surface area contributed by atoms with E-state index in [1.54, 1.807) is 12.1 Å². The van der Waals surface area contributed by atoms with E-state index in [1.165, 1.54) is 6.07 Å². The van der Waals surface area contributed by atoms with Crippen molar-refractivity contribution in [3.63, 3.8) is 0 Å². The summed E-state index contributed by atoms with van der Waals surface area (Å²) in [7, 11) is 0. The number of benzene rings is 1. The molecule has 0 unspecified atom stereocenters. The third-order valence-electron chi connectivity index (χ3n) is 4.84. The highest BCUT2D eigenvalue weighted by atomic mass is 19.1. The Kier molecular flexibility index (Phi) is 5.56. The fraction of sp³-hybridized carbons (Fsp3) is 0.579. The molecule has 25 heavy (non-hydrogen) atoms. The summed E-state index contributed by atoms with van der Waals surface area (Å²) in [5, 5.41) is 9.40. The lowest BCUT2D eigenvalue weighted by Gasteiger charge is -2.16. The first kappa shape index (κ1) is 17.7. The van der Waals surface area contributed by atoms with Crippen LogP contribution in [0.4, 0.5) is 4.39 Å². The van der Waals surface area contributed by atoms with Crippen LogP contribution in [0, 0.1) is 11.7 Å². The highest BCUT2D eigenvalue weighted by Gasteiger charge is 2.44. The lowest BCUT2D eigenvalue weighted by atomic mass is 9.96. The molecular weight excluding hydrogens is 319 g/mol. The Balaban J connectivity index is 1.50. The molecule has 3 N–H and O–H groups in total. The quantitative estimate of drug-likeness (QED) is 0.383. The van der Waals surface area contributed by atoms with E-state index in [9.17, 15) is 9.18 Å². The summed E-state index contributed by atoms with van der Waals surface area (Å²) in [5.74, 6) is 0.949. The molecule has 2 fully saturated rings. The molecule has 0 aliphatic heterocycles. The van der Waals surface area contributed by atoms with Gasteiger partial charge in [-0.25, -0.2) is 4.39 Å². The predicted molar refractivity (Wildman–Crippen MR) is 97.0 cm³/mol. The number of halogens is 1. The number of rotatable bonds is 8. The second-order valence-corrected chi connectivity index (χ2v) is 6.98. The van der Waals surface area contributed by atoms with Gasteiger partial charge in [-0.15, -0.1) is 0 Å². The van der Waals surface area contributed by atoms with Crippen molar-refractivity contribution in [3.8, 4) is 0 Å². The summed E-state index contributed by atoms with van der Waals surface area (Å²) in [5.41, 5.74) is 1.01. The molecule has 1 aromatic rings. The van der Waals surface area contributed by atoms with Crippen LogP contribution in [-0.4, -0.2) is 38.0 Å². The Hall–Kier alpha value is -2.11. The molecule has 2 aliphatic carbocycles. The van der Waals surface area contributed by atoms with Crippen molar-refractivity contribution in [2.24, 2.45) is 10.9 Å². The largest absolute Gasteiger partial charge is 0.357 e. The lowest BCUT2D eigenvalue weighted by molar-refractivity contribution is -0.122. The van der Waals surface area contributed by atoms with Crippen molar-refractivity contribution in [2.75, 3.05) is 26.2 Å². The summed E-state index contributed by atoms with van der Waals surface area (Å²) in [6.07, 6.45) is 4.12. The number of carbonyl (C=O) groups excluding carboxylic acids is 1. The SMILES string of the molecule is CCNC(=NCC1(c2cccc(F)c2)CC1)NCCNC(=O)C1CC1. The van der Waals surface area contributed by atoms with E-state index >= 15 is 0 Å². The molecule has 136 valence electrons. The van der Waals surface area contributed by atoms with Crippen LogP contribution in [0.1, 0.15) is 38.2 Å². The van der Waals surface area contributed by atoms with Gasteiger partial charge in [0.15, 0.2) is 5.96 Å². The highest BCUT2D eigenvalue weighted by Crippen LogP contribution is 2.48. The van der Waals surface area contributed by atoms with Gasteiger partial charge in [-0.05, 0) is 50.3 Å². The summed E-state index contributed by atoms with van der Waals surface area (Å²) in [6.45, 7) is 4.66. The Labute approximate surface area is 148 Å². The second kappa shape index (κ2) is 7.85. The zero-order chi connectivity index (χ0) is 17.7. The van der Waals surface area contributed by atoms with Gasteiger partial charge in [-0.3, -0.25) is 9.79 Å². The van der Waals surface area contributed by atoms with Gasteiger partial charge in [0.25, 0.3) is 0 Å². The van der Waals surface area contributed by atoms with Gasteiger partial charge in [0.05, 0.1) is 6.54 Å². The second-order valence-electron chi connectivity index (χ2n) is 6.98. The normalized spacial score (nSPS) is 18.6. The number of nitrogens with one attached hydrogen (secondary N) is 3. The first-order chi connectivity index (χ1) is 12.1. The van der Waals surface area contributed by atoms with Crippen LogP contribution in [0.2, 0.25) is 0 Å². The Morgan fingerprint density at radius 3 is 2.64 bits per heavy atom. The third-order valence-corrected chi connectivity index (χ3v) is 4.84. The molecule has 0 radical (unpaired) electrons. The molecule has 0 heterocycles. The predicted octanol–water partition coefficient (Wildman–Crippen LogP) is 1.94. The maximum Gasteiger partial charge on any atom is 0.223 e. The van der Waals surface area contributed by atoms with E-state index < -0.39 is 0 Å². The van der Waals surface area contributed by atoms with Crippen molar-refractivity contribution in [1.29, 1.82) is 0 Å². The molecule has 0 spiro atoms. The fourth-order valence-corrected chi connectivity index (χ4v) is 2.94. The molecule has 0 bridgehead atoms. The molecule has 5 nitrogen and oxygen atoms in total. The molecule has 1 aromatic carbocycles. The van der Waals surface area contributed by atoms with Crippen LogP contribution in [0.5, 0.6) is 0 Å². The van der Waals surface area contributed by atoms with Gasteiger partial charge in [0.2, 0.25) is 5.91 Å². The summed E-state index contributed by atoms with van der Waals surface area (Å²) >= 11 is 0. The zero-order valence-corrected chi connectivity index (χ0v) is 14.8. The molecule has 1 amide bonds. The van der Waals surface area contributed by atoms with Crippen molar-refractivity contribution in [3.05, 3.63) is 35.6 Å². The standard InChI is InChI=1S/C19H27FN4O/c1-2-21-18(23-11-10-22-17(25)14-6-7-14)24-13-19(8-9-19)15-4-3-5-16(20)12-15/h3-5,12,14H,2,6-11,13H2,1H3,(H,22,25)(H2,21,23,24). The van der Waals surface area contributed by atoms with E-state index in [2.05, 4.69) is 20.9 Å². The molecule has 2 saturated carbocycles. The van der Waals surface area contributed by atoms with Gasteiger partial charge >= 0.3 is 0 Å². The number of guanidine groups is 1. The van der Waals surface area contributed by atoms with Crippen molar-refractivity contribution in [1.82, 2.24) is 16.0 Å². The maximum atomic E-state index is 13.5. The van der Waals surface area contributed by atoms with Crippen LogP contribution in [0.15, 0.2) is 29.3 Å². The van der Waals surface area contributed by atoms with Crippen molar-refractivity contribution in [2.45, 2.75) is 38.0 Å². The van der Waals surface area contributed by atoms with Gasteiger partial charge in [0.1, 0.15) is 5.82 Å². The Morgan fingerprint density at radius 2 is 2.00 bits per heavy atom. The number of amides is 1. The Bertz CT molecular complexity index is 638. The Morgan fingerprint density at radius 1 is 1.24 bits per heavy atom. The van der Waals surface area contributed by atoms with E-state index in [-0.39, 0.29) is 23.1 Å². The van der Waals surface area contributed by atoms with Gasteiger partial charge < -0.3 is 16.0 Å². The van der Waals surface area contributed by atoms with E-state index in [0.717, 1.165) is 43.8 Å². The highest BCUT2D eigenvalue weighted by molar-refractivity contribution is 5.81. The van der Waals surface area contributed by atoms with Crippen LogP contribution >= 0.6 is 0 Å². The third kappa shape index (κ3) is 4.94. The number of hydrogen-bond acceptors (Lipinski definition) is 2. The van der Waals surface area contributed by atoms with Gasteiger partial charge in [0, 0.05) is 31.0 Å². The summed E-state index contributed by atoms with van der Waals surface area (Å²) in [4.78, 5) is 16.3. The fourth-order valence-electron chi connectivity index (χ4n) is 2.94. The van der Waals surface area contributed by atoms with E-state index in [1.807, 2.05) is 13.0 Å². The summed E-state index contributed by atoms with van der Waals surface area (Å²) < 4.78 is 13.5. The first-order valence-electron chi connectivity index (χ1n) is 9.19. The number of nitrogens with zero attached hydrogens (tertiary/aromatic N) is 1. The minimum atomic E-state index is -0.191. The first-order valence-corrected chi connectivity index (χ1v) is 9.19. The number of aliphatic imine (C=N–C) groups is 1. The molecular formula is C19H27FN4O. The van der Waals surface area contributed by atoms with E-state index in [4.69, 9.17) is 0 Å². The molecule has 6 heteroatoms. The van der Waals surface area contributed by atoms with Crippen LogP contribution in [0.3, 0.4) is 0 Å². The van der Waals surface area contributed by atoms with Crippen molar-refractivity contribution < 1.29 is 9.18 Å². The number of hydrogen-bond donors (Lipinski definition) is 3. The summed E-state index contributed by atoms with van der Waals surface area (Å²) in [6, 6.07) is 6.85. The van der Waals surface area contributed by atoms with Crippen LogP contribution < -0.4 is 16.0 Å². The smallest absolute Gasteiger partial charge is 0.223 e.